The van der Waals surface area contributed by atoms with Gasteiger partial charge in [0.25, 0.3) is 0 Å². The van der Waals surface area contributed by atoms with Crippen molar-refractivity contribution in [1.29, 1.82) is 0 Å². The topological polar surface area (TPSA) is 63.2 Å². The fourth-order valence-electron chi connectivity index (χ4n) is 2.51. The van der Waals surface area contributed by atoms with Gasteiger partial charge in [0.15, 0.2) is 6.73 Å². The number of rotatable bonds is 4. The molecule has 3 rings (SSSR count). The molecular weight excluding hydrogens is 302 g/mol. The summed E-state index contributed by atoms with van der Waals surface area (Å²) >= 11 is 0. The van der Waals surface area contributed by atoms with Crippen LogP contribution >= 0.6 is 0 Å². The third-order valence-electron chi connectivity index (χ3n) is 3.67. The Balaban J connectivity index is 1.59. The lowest BCUT2D eigenvalue weighted by Gasteiger charge is -2.12. The Hall–Kier alpha value is -3.08. The molecular formula is C19H19N3O2. The van der Waals surface area contributed by atoms with Gasteiger partial charge >= 0.3 is 6.03 Å². The number of urea groups is 1. The maximum absolute atomic E-state index is 12.1. The zero-order valence-electron chi connectivity index (χ0n) is 13.7. The number of carbonyl (C=O) groups is 1. The lowest BCUT2D eigenvalue weighted by molar-refractivity contribution is 0.234. The van der Waals surface area contributed by atoms with E-state index in [1.807, 2.05) is 62.4 Å². The van der Waals surface area contributed by atoms with Crippen molar-refractivity contribution in [2.75, 3.05) is 12.0 Å². The number of aromatic nitrogens is 1. The number of benzene rings is 2. The summed E-state index contributed by atoms with van der Waals surface area (Å²) in [5.74, 6) is 0.757. The Morgan fingerprint density at radius 2 is 1.96 bits per heavy atom. The Labute approximate surface area is 140 Å². The molecule has 0 spiro atoms. The zero-order valence-corrected chi connectivity index (χ0v) is 13.7. The summed E-state index contributed by atoms with van der Waals surface area (Å²) in [6.45, 7) is 4.10. The molecule has 0 unspecified atom stereocenters. The van der Waals surface area contributed by atoms with Gasteiger partial charge in [-0.25, -0.2) is 4.79 Å². The number of ether oxygens (including phenoxy) is 1. The summed E-state index contributed by atoms with van der Waals surface area (Å²) in [6, 6.07) is 15.1. The molecule has 0 aliphatic heterocycles. The van der Waals surface area contributed by atoms with E-state index in [-0.39, 0.29) is 12.8 Å². The van der Waals surface area contributed by atoms with E-state index in [2.05, 4.69) is 15.6 Å². The van der Waals surface area contributed by atoms with Crippen molar-refractivity contribution < 1.29 is 9.53 Å². The highest BCUT2D eigenvalue weighted by molar-refractivity contribution is 5.99. The van der Waals surface area contributed by atoms with Crippen LogP contribution in [0.5, 0.6) is 5.75 Å². The van der Waals surface area contributed by atoms with Crippen molar-refractivity contribution in [2.24, 2.45) is 0 Å². The van der Waals surface area contributed by atoms with Gasteiger partial charge in [-0.15, -0.1) is 0 Å². The number of nitrogens with one attached hydrogen (secondary N) is 2. The molecule has 0 saturated heterocycles. The van der Waals surface area contributed by atoms with Crippen LogP contribution in [0.3, 0.4) is 0 Å². The molecule has 1 heterocycles. The van der Waals surface area contributed by atoms with Crippen LogP contribution in [0.1, 0.15) is 11.1 Å². The van der Waals surface area contributed by atoms with E-state index in [0.29, 0.717) is 5.69 Å². The Kier molecular flexibility index (Phi) is 4.61. The molecule has 1 aromatic heterocycles. The second kappa shape index (κ2) is 7.00. The second-order valence-corrected chi connectivity index (χ2v) is 5.57. The molecule has 0 bridgehead atoms. The van der Waals surface area contributed by atoms with E-state index in [0.717, 1.165) is 22.2 Å². The summed E-state index contributed by atoms with van der Waals surface area (Å²) in [5, 5.41) is 6.46. The fourth-order valence-corrected chi connectivity index (χ4v) is 2.51. The van der Waals surface area contributed by atoms with Crippen LogP contribution in [-0.4, -0.2) is 17.7 Å². The molecule has 0 aliphatic rings. The molecule has 3 aromatic rings. The first-order chi connectivity index (χ1) is 11.6. The Morgan fingerprint density at radius 1 is 1.12 bits per heavy atom. The highest BCUT2D eigenvalue weighted by Gasteiger charge is 2.06. The quantitative estimate of drug-likeness (QED) is 0.714. The van der Waals surface area contributed by atoms with Crippen LogP contribution in [0.2, 0.25) is 0 Å². The van der Waals surface area contributed by atoms with Crippen LogP contribution in [0, 0.1) is 13.8 Å². The summed E-state index contributed by atoms with van der Waals surface area (Å²) < 4.78 is 5.60. The first-order valence-corrected chi connectivity index (χ1v) is 7.72. The average Bonchev–Trinajstić information content (AvgIpc) is 2.57. The highest BCUT2D eigenvalue weighted by Crippen LogP contribution is 2.20. The van der Waals surface area contributed by atoms with Crippen LogP contribution in [0.15, 0.2) is 54.7 Å². The van der Waals surface area contributed by atoms with Gasteiger partial charge < -0.3 is 15.4 Å². The van der Waals surface area contributed by atoms with Crippen molar-refractivity contribution >= 4 is 22.6 Å². The van der Waals surface area contributed by atoms with E-state index in [4.69, 9.17) is 4.74 Å². The van der Waals surface area contributed by atoms with Gasteiger partial charge in [-0.1, -0.05) is 35.9 Å². The molecule has 5 heteroatoms. The lowest BCUT2D eigenvalue weighted by atomic mass is 10.1. The van der Waals surface area contributed by atoms with Gasteiger partial charge in [-0.3, -0.25) is 4.98 Å². The molecule has 2 N–H and O–H groups in total. The van der Waals surface area contributed by atoms with Gasteiger partial charge in [0.05, 0.1) is 11.2 Å². The van der Waals surface area contributed by atoms with Crippen LogP contribution < -0.4 is 15.4 Å². The average molecular weight is 321 g/mol. The first-order valence-electron chi connectivity index (χ1n) is 7.72. The molecule has 0 saturated carbocycles. The molecule has 0 fully saturated rings. The number of para-hydroxylation sites is 1. The molecule has 2 aromatic carbocycles. The fraction of sp³-hybridized carbons (Fsp3) is 0.158. The lowest BCUT2D eigenvalue weighted by Crippen LogP contribution is -2.32. The SMILES string of the molecule is Cc1ccc(OCNC(=O)Nc2cccc3cccnc23)c(C)c1. The minimum atomic E-state index is -0.335. The van der Waals surface area contributed by atoms with E-state index in [9.17, 15) is 4.79 Å². The minimum Gasteiger partial charge on any atom is -0.473 e. The summed E-state index contributed by atoms with van der Waals surface area (Å²) in [5.41, 5.74) is 3.63. The maximum Gasteiger partial charge on any atom is 0.321 e. The van der Waals surface area contributed by atoms with Crippen LogP contribution in [0.25, 0.3) is 10.9 Å². The maximum atomic E-state index is 12.1. The number of nitrogens with zero attached hydrogens (tertiary/aromatic N) is 1. The van der Waals surface area contributed by atoms with Gasteiger partial charge in [0.1, 0.15) is 5.75 Å². The van der Waals surface area contributed by atoms with Crippen LogP contribution in [0.4, 0.5) is 10.5 Å². The van der Waals surface area contributed by atoms with Crippen molar-refractivity contribution in [3.63, 3.8) is 0 Å². The molecule has 0 radical (unpaired) electrons. The third-order valence-corrected chi connectivity index (χ3v) is 3.67. The van der Waals surface area contributed by atoms with Crippen molar-refractivity contribution in [3.8, 4) is 5.75 Å². The van der Waals surface area contributed by atoms with Gasteiger partial charge in [-0.05, 0) is 37.6 Å². The van der Waals surface area contributed by atoms with Gasteiger partial charge in [0.2, 0.25) is 0 Å². The first kappa shape index (κ1) is 15.8. The Bertz CT molecular complexity index is 872. The summed E-state index contributed by atoms with van der Waals surface area (Å²) in [4.78, 5) is 16.4. The van der Waals surface area contributed by atoms with E-state index >= 15 is 0 Å². The smallest absolute Gasteiger partial charge is 0.321 e. The third kappa shape index (κ3) is 3.63. The van der Waals surface area contributed by atoms with Crippen molar-refractivity contribution in [2.45, 2.75) is 13.8 Å². The molecule has 24 heavy (non-hydrogen) atoms. The molecule has 5 nitrogen and oxygen atoms in total. The minimum absolute atomic E-state index is 0.0912. The monoisotopic (exact) mass is 321 g/mol. The summed E-state index contributed by atoms with van der Waals surface area (Å²) in [6.07, 6.45) is 1.70. The predicted molar refractivity (Wildman–Crippen MR) is 95.3 cm³/mol. The number of hydrogen-bond acceptors (Lipinski definition) is 3. The van der Waals surface area contributed by atoms with E-state index < -0.39 is 0 Å². The van der Waals surface area contributed by atoms with Gasteiger partial charge in [0, 0.05) is 11.6 Å². The molecule has 0 atom stereocenters. The predicted octanol–water partition coefficient (Wildman–Crippen LogP) is 4.01. The number of anilines is 1. The van der Waals surface area contributed by atoms with Gasteiger partial charge in [-0.2, -0.15) is 0 Å². The Morgan fingerprint density at radius 3 is 2.79 bits per heavy atom. The van der Waals surface area contributed by atoms with Crippen LogP contribution in [-0.2, 0) is 0 Å². The highest BCUT2D eigenvalue weighted by atomic mass is 16.5. The number of pyridine rings is 1. The second-order valence-electron chi connectivity index (χ2n) is 5.57. The van der Waals surface area contributed by atoms with Crippen molar-refractivity contribution in [3.05, 3.63) is 65.9 Å². The molecule has 0 aliphatic carbocycles. The number of aryl methyl sites for hydroxylation is 2. The summed E-state index contributed by atoms with van der Waals surface area (Å²) in [7, 11) is 0. The molecule has 122 valence electrons. The van der Waals surface area contributed by atoms with Crippen molar-refractivity contribution in [1.82, 2.24) is 10.3 Å². The number of fused-ring (bicyclic) bond motifs is 1. The number of carbonyl (C=O) groups excluding carboxylic acids is 1. The van der Waals surface area contributed by atoms with E-state index in [1.165, 1.54) is 5.56 Å². The largest absolute Gasteiger partial charge is 0.473 e. The normalized spacial score (nSPS) is 10.4. The molecule has 2 amide bonds. The number of amides is 2. The zero-order chi connectivity index (χ0) is 16.9. The standard InChI is InChI=1S/C19H19N3O2/c1-13-8-9-17(14(2)11-13)24-12-21-19(23)22-16-7-3-5-15-6-4-10-20-18(15)16/h3-11H,12H2,1-2H3,(H2,21,22,23). The number of hydrogen-bond donors (Lipinski definition) is 2. The van der Waals surface area contributed by atoms with E-state index in [1.54, 1.807) is 6.20 Å².